The van der Waals surface area contributed by atoms with Gasteiger partial charge >= 0.3 is 11.9 Å². The van der Waals surface area contributed by atoms with Gasteiger partial charge in [-0.3, -0.25) is 9.36 Å². The normalized spacial score (nSPS) is 14.1. The van der Waals surface area contributed by atoms with E-state index in [-0.39, 0.29) is 31.5 Å². The van der Waals surface area contributed by atoms with Crippen LogP contribution in [0.2, 0.25) is 0 Å². The molecule has 2 aromatic heterocycles. The Morgan fingerprint density at radius 2 is 1.90 bits per heavy atom. The van der Waals surface area contributed by atoms with Crippen LogP contribution in [0.15, 0.2) is 36.9 Å². The third kappa shape index (κ3) is 9.32. The number of fused-ring (bicyclic) bond motifs is 1. The lowest BCUT2D eigenvalue weighted by molar-refractivity contribution is -0.149. The summed E-state index contributed by atoms with van der Waals surface area (Å²) in [4.78, 5) is 37.4. The maximum Gasteiger partial charge on any atom is 0.338 e. The predicted octanol–water partition coefficient (Wildman–Crippen LogP) is 4.11. The Hall–Kier alpha value is -3.38. The van der Waals surface area contributed by atoms with E-state index < -0.39 is 31.1 Å². The van der Waals surface area contributed by atoms with Crippen molar-refractivity contribution in [3.63, 3.8) is 0 Å². The van der Waals surface area contributed by atoms with Gasteiger partial charge in [-0.05, 0) is 65.2 Å². The average molecular weight is 605 g/mol. The van der Waals surface area contributed by atoms with Crippen LogP contribution < -0.4 is 10.8 Å². The fourth-order valence-corrected chi connectivity index (χ4v) is 5.97. The van der Waals surface area contributed by atoms with Crippen molar-refractivity contribution in [1.29, 1.82) is 0 Å². The second kappa shape index (κ2) is 14.7. The maximum absolute atomic E-state index is 14.1. The van der Waals surface area contributed by atoms with Crippen LogP contribution in [0.5, 0.6) is 0 Å². The number of nitrogens with zero attached hydrogens (tertiary/aromatic N) is 4. The quantitative estimate of drug-likeness (QED) is 0.177. The van der Waals surface area contributed by atoms with Crippen LogP contribution in [0.25, 0.3) is 11.2 Å². The van der Waals surface area contributed by atoms with E-state index in [1.54, 1.807) is 56.8 Å². The van der Waals surface area contributed by atoms with Gasteiger partial charge in [0, 0.05) is 0 Å². The predicted molar refractivity (Wildman–Crippen MR) is 158 cm³/mol. The van der Waals surface area contributed by atoms with Gasteiger partial charge < -0.3 is 29.0 Å². The lowest BCUT2D eigenvalue weighted by atomic mass is 10.1. The average Bonchev–Trinajstić information content (AvgIpc) is 3.34. The summed E-state index contributed by atoms with van der Waals surface area (Å²) in [7, 11) is -3.75. The van der Waals surface area contributed by atoms with Crippen molar-refractivity contribution in [3.8, 4) is 0 Å². The highest BCUT2D eigenvalue weighted by Gasteiger charge is 2.38. The molecule has 2 atom stereocenters. The van der Waals surface area contributed by atoms with Crippen molar-refractivity contribution < 1.29 is 32.9 Å². The van der Waals surface area contributed by atoms with Crippen LogP contribution in [0.1, 0.15) is 63.9 Å². The Morgan fingerprint density at radius 3 is 2.62 bits per heavy atom. The third-order valence-electron chi connectivity index (χ3n) is 6.01. The van der Waals surface area contributed by atoms with Crippen LogP contribution >= 0.6 is 7.52 Å². The van der Waals surface area contributed by atoms with E-state index in [1.165, 1.54) is 6.33 Å². The summed E-state index contributed by atoms with van der Waals surface area (Å²) in [6.07, 6.45) is 2.96. The molecule has 3 rings (SSSR count). The summed E-state index contributed by atoms with van der Waals surface area (Å²) in [6.45, 7) is 11.0. The number of nitrogens with two attached hydrogens (primary N) is 1. The number of carbonyl (C=O) groups excluding carboxylic acids is 2. The number of hydrogen-bond donors (Lipinski definition) is 2. The highest BCUT2D eigenvalue weighted by Crippen LogP contribution is 2.45. The van der Waals surface area contributed by atoms with Crippen molar-refractivity contribution in [1.82, 2.24) is 24.6 Å². The van der Waals surface area contributed by atoms with Gasteiger partial charge in [0.1, 0.15) is 23.7 Å². The van der Waals surface area contributed by atoms with Crippen LogP contribution in [-0.4, -0.2) is 68.8 Å². The number of carbonyl (C=O) groups is 2. The summed E-state index contributed by atoms with van der Waals surface area (Å²) in [5.41, 5.74) is 6.81. The van der Waals surface area contributed by atoms with Crippen LogP contribution in [0, 0.1) is 0 Å². The van der Waals surface area contributed by atoms with Crippen LogP contribution in [0.4, 0.5) is 5.82 Å². The van der Waals surface area contributed by atoms with Crippen LogP contribution in [0.3, 0.4) is 0 Å². The first-order valence-electron chi connectivity index (χ1n) is 13.9. The summed E-state index contributed by atoms with van der Waals surface area (Å²) in [6, 6.07) is 6.97. The Kier molecular flexibility index (Phi) is 11.6. The monoisotopic (exact) mass is 604 g/mol. The van der Waals surface area contributed by atoms with Crippen molar-refractivity contribution in [2.24, 2.45) is 0 Å². The molecule has 42 heavy (non-hydrogen) atoms. The first kappa shape index (κ1) is 33.1. The number of benzene rings is 1. The largest absolute Gasteiger partial charge is 0.464 e. The second-order valence-corrected chi connectivity index (χ2v) is 12.8. The minimum absolute atomic E-state index is 0.0349. The number of anilines is 1. The van der Waals surface area contributed by atoms with E-state index >= 15 is 0 Å². The van der Waals surface area contributed by atoms with Gasteiger partial charge in [0.25, 0.3) is 7.52 Å². The molecule has 3 aromatic rings. The van der Waals surface area contributed by atoms with Gasteiger partial charge in [0.2, 0.25) is 0 Å². The standard InChI is InChI=1S/C28H41N6O7P/c1-7-12-38-27(36)28(5,6)33-42(37,40-13-11-21-9-8-10-22(14-21)26(35)41-19(2)3)18-39-20(4)15-34-17-32-23-24(29)30-16-31-25(23)34/h8-10,14,16-17,19-20H,7,11-13,15,18H2,1-6H3,(H,33,37)(H2,29,30,31)/t20-,42+/m1/s1. The number of hydrogen-bond acceptors (Lipinski definition) is 11. The molecule has 0 fully saturated rings. The molecule has 230 valence electrons. The molecule has 0 aliphatic heterocycles. The molecule has 0 unspecified atom stereocenters. The van der Waals surface area contributed by atoms with Gasteiger partial charge in [0.15, 0.2) is 11.5 Å². The van der Waals surface area contributed by atoms with E-state index in [1.807, 2.05) is 19.9 Å². The number of nitrogens with one attached hydrogen (secondary N) is 1. The molecule has 0 bridgehead atoms. The van der Waals surface area contributed by atoms with Crippen molar-refractivity contribution in [3.05, 3.63) is 48.0 Å². The fourth-order valence-electron chi connectivity index (χ4n) is 3.98. The van der Waals surface area contributed by atoms with E-state index in [2.05, 4.69) is 20.0 Å². The van der Waals surface area contributed by atoms with E-state index in [4.69, 9.17) is 24.5 Å². The lowest BCUT2D eigenvalue weighted by Crippen LogP contribution is -2.47. The van der Waals surface area contributed by atoms with E-state index in [0.717, 1.165) is 5.56 Å². The zero-order chi connectivity index (χ0) is 30.9. The van der Waals surface area contributed by atoms with Crippen molar-refractivity contribution >= 4 is 36.4 Å². The molecule has 1 aromatic carbocycles. The van der Waals surface area contributed by atoms with Crippen molar-refractivity contribution in [2.45, 2.75) is 78.7 Å². The molecule has 3 N–H and O–H groups in total. The molecule has 0 aliphatic carbocycles. The number of esters is 2. The minimum atomic E-state index is -3.75. The molecule has 0 amide bonds. The minimum Gasteiger partial charge on any atom is -0.464 e. The zero-order valence-corrected chi connectivity index (χ0v) is 25.9. The molecule has 0 saturated carbocycles. The summed E-state index contributed by atoms with van der Waals surface area (Å²) >= 11 is 0. The molecular weight excluding hydrogens is 563 g/mol. The smallest absolute Gasteiger partial charge is 0.338 e. The number of aromatic nitrogens is 4. The first-order chi connectivity index (χ1) is 19.8. The molecule has 0 radical (unpaired) electrons. The first-order valence-corrected chi connectivity index (χ1v) is 15.7. The van der Waals surface area contributed by atoms with Gasteiger partial charge in [-0.25, -0.2) is 24.8 Å². The fraction of sp³-hybridized carbons (Fsp3) is 0.536. The molecule has 14 heteroatoms. The number of ether oxygens (including phenoxy) is 3. The Balaban J connectivity index is 1.70. The van der Waals surface area contributed by atoms with Gasteiger partial charge in [-0.2, -0.15) is 0 Å². The number of imidazole rings is 1. The summed E-state index contributed by atoms with van der Waals surface area (Å²) < 4.78 is 38.3. The summed E-state index contributed by atoms with van der Waals surface area (Å²) in [5, 5.41) is 2.87. The maximum atomic E-state index is 14.1. The SMILES string of the molecule is CCCOC(=O)C(C)(C)N[P@](=O)(CO[C@H](C)Cn1cnc2c(N)ncnc21)OCCc1cccc(C(=O)OC(C)C)c1. The topological polar surface area (TPSA) is 170 Å². The highest BCUT2D eigenvalue weighted by atomic mass is 31.2. The molecule has 2 heterocycles. The molecule has 0 spiro atoms. The third-order valence-corrected chi connectivity index (χ3v) is 7.99. The van der Waals surface area contributed by atoms with E-state index in [9.17, 15) is 14.2 Å². The molecular formula is C28H41N6O7P. The van der Waals surface area contributed by atoms with Crippen molar-refractivity contribution in [2.75, 3.05) is 25.3 Å². The highest BCUT2D eigenvalue weighted by molar-refractivity contribution is 7.56. The molecule has 0 saturated heterocycles. The van der Waals surface area contributed by atoms with Gasteiger partial charge in [-0.15, -0.1) is 0 Å². The zero-order valence-electron chi connectivity index (χ0n) is 25.0. The van der Waals surface area contributed by atoms with Gasteiger partial charge in [-0.1, -0.05) is 19.1 Å². The summed E-state index contributed by atoms with van der Waals surface area (Å²) in [5.74, 6) is -0.705. The van der Waals surface area contributed by atoms with E-state index in [0.29, 0.717) is 36.1 Å². The Bertz CT molecular complexity index is 1410. The van der Waals surface area contributed by atoms with Crippen LogP contribution in [-0.2, 0) is 41.1 Å². The van der Waals surface area contributed by atoms with Gasteiger partial charge in [0.05, 0.1) is 43.9 Å². The number of nitrogen functional groups attached to an aromatic ring is 1. The Labute approximate surface area is 246 Å². The molecule has 13 nitrogen and oxygen atoms in total. The number of rotatable bonds is 16. The Morgan fingerprint density at radius 1 is 1.14 bits per heavy atom. The lowest BCUT2D eigenvalue weighted by Gasteiger charge is -2.30. The molecule has 0 aliphatic rings. The second-order valence-electron chi connectivity index (χ2n) is 10.7.